The van der Waals surface area contributed by atoms with E-state index in [1.807, 2.05) is 61.5 Å². The summed E-state index contributed by atoms with van der Waals surface area (Å²) in [5.41, 5.74) is 4.09. The normalized spacial score (nSPS) is 13.4. The predicted octanol–water partition coefficient (Wildman–Crippen LogP) is 5.13. The molecule has 0 spiro atoms. The number of nitrogens with zero attached hydrogens (tertiary/aromatic N) is 2. The third-order valence-corrected chi connectivity index (χ3v) is 5.10. The van der Waals surface area contributed by atoms with E-state index in [0.29, 0.717) is 13.1 Å². The molecule has 0 bridgehead atoms. The monoisotopic (exact) mass is 422 g/mol. The first-order valence-corrected chi connectivity index (χ1v) is 9.96. The van der Waals surface area contributed by atoms with Gasteiger partial charge in [0.25, 0.3) is 5.91 Å². The lowest BCUT2D eigenvalue weighted by molar-refractivity contribution is 0.0729. The molecule has 1 aliphatic heterocycles. The fourth-order valence-corrected chi connectivity index (χ4v) is 3.63. The second kappa shape index (κ2) is 9.79. The van der Waals surface area contributed by atoms with Crippen molar-refractivity contribution >= 4 is 30.5 Å². The Balaban J connectivity index is 0.00000256. The standard InChI is InChI=1S/C25H26N2O2.ClH/c1-26(2)18-23-16-22-17-27(15-14-24(22)29-23)25(28)21-12-10-20(11-13-21)9-8-19-6-4-3-5-7-19;/h3-13,16H,14-15,17-18H2,1-2H3;1H. The average Bonchev–Trinajstić information content (AvgIpc) is 3.13. The Kier molecular flexibility index (Phi) is 7.14. The maximum Gasteiger partial charge on any atom is 0.254 e. The van der Waals surface area contributed by atoms with Crippen LogP contribution in [-0.2, 0) is 19.5 Å². The minimum Gasteiger partial charge on any atom is -0.464 e. The number of hydrogen-bond donors (Lipinski definition) is 0. The Morgan fingerprint density at radius 1 is 1.03 bits per heavy atom. The van der Waals surface area contributed by atoms with Crippen LogP contribution < -0.4 is 0 Å². The molecule has 156 valence electrons. The van der Waals surface area contributed by atoms with Crippen LogP contribution in [0.2, 0.25) is 0 Å². The Hall–Kier alpha value is -2.82. The fourth-order valence-electron chi connectivity index (χ4n) is 3.63. The first-order chi connectivity index (χ1) is 14.1. The number of halogens is 1. The zero-order chi connectivity index (χ0) is 20.2. The van der Waals surface area contributed by atoms with Crippen molar-refractivity contribution in [3.05, 3.63) is 94.4 Å². The molecule has 1 aliphatic rings. The summed E-state index contributed by atoms with van der Waals surface area (Å²) in [5.74, 6) is 2.06. The van der Waals surface area contributed by atoms with Crippen molar-refractivity contribution in [2.75, 3.05) is 20.6 Å². The SMILES string of the molecule is CN(C)Cc1cc2c(o1)CCN(C(=O)c1ccc(C=Cc3ccccc3)cc1)C2.Cl. The number of furan rings is 1. The van der Waals surface area contributed by atoms with E-state index < -0.39 is 0 Å². The van der Waals surface area contributed by atoms with Crippen molar-refractivity contribution in [1.82, 2.24) is 9.80 Å². The van der Waals surface area contributed by atoms with Gasteiger partial charge in [-0.3, -0.25) is 4.79 Å². The van der Waals surface area contributed by atoms with Crippen LogP contribution >= 0.6 is 12.4 Å². The quantitative estimate of drug-likeness (QED) is 0.534. The van der Waals surface area contributed by atoms with Crippen molar-refractivity contribution in [3.63, 3.8) is 0 Å². The number of carbonyl (C=O) groups excluding carboxylic acids is 1. The van der Waals surface area contributed by atoms with Gasteiger partial charge in [0.2, 0.25) is 0 Å². The number of benzene rings is 2. The molecule has 1 aromatic heterocycles. The van der Waals surface area contributed by atoms with E-state index in [4.69, 9.17) is 4.42 Å². The van der Waals surface area contributed by atoms with Gasteiger partial charge in [0.05, 0.1) is 6.54 Å². The van der Waals surface area contributed by atoms with Gasteiger partial charge in [-0.1, -0.05) is 54.6 Å². The van der Waals surface area contributed by atoms with E-state index in [9.17, 15) is 4.79 Å². The molecule has 0 fully saturated rings. The van der Waals surface area contributed by atoms with Gasteiger partial charge in [0, 0.05) is 30.6 Å². The maximum absolute atomic E-state index is 13.0. The molecule has 0 saturated heterocycles. The minimum absolute atomic E-state index is 0. The summed E-state index contributed by atoms with van der Waals surface area (Å²) in [6.45, 7) is 2.08. The second-order valence-corrected chi connectivity index (χ2v) is 7.74. The highest BCUT2D eigenvalue weighted by atomic mass is 35.5. The average molecular weight is 423 g/mol. The predicted molar refractivity (Wildman–Crippen MR) is 124 cm³/mol. The van der Waals surface area contributed by atoms with E-state index in [0.717, 1.165) is 46.7 Å². The summed E-state index contributed by atoms with van der Waals surface area (Å²) >= 11 is 0. The molecule has 0 radical (unpaired) electrons. The van der Waals surface area contributed by atoms with Crippen LogP contribution in [0.3, 0.4) is 0 Å². The van der Waals surface area contributed by atoms with Gasteiger partial charge in [-0.15, -0.1) is 12.4 Å². The highest BCUT2D eigenvalue weighted by Gasteiger charge is 2.25. The number of rotatable bonds is 5. The molecule has 0 N–H and O–H groups in total. The zero-order valence-electron chi connectivity index (χ0n) is 17.4. The molecule has 2 aromatic carbocycles. The molecular weight excluding hydrogens is 396 g/mol. The molecular formula is C25H27ClN2O2. The highest BCUT2D eigenvalue weighted by molar-refractivity contribution is 5.94. The molecule has 5 heteroatoms. The molecule has 4 rings (SSSR count). The van der Waals surface area contributed by atoms with Crippen molar-refractivity contribution in [1.29, 1.82) is 0 Å². The molecule has 0 saturated carbocycles. The lowest BCUT2D eigenvalue weighted by atomic mass is 10.1. The Labute approximate surface area is 184 Å². The maximum atomic E-state index is 13.0. The zero-order valence-corrected chi connectivity index (χ0v) is 18.2. The largest absolute Gasteiger partial charge is 0.464 e. The van der Waals surface area contributed by atoms with Crippen molar-refractivity contribution < 1.29 is 9.21 Å². The summed E-state index contributed by atoms with van der Waals surface area (Å²) in [6.07, 6.45) is 4.91. The lowest BCUT2D eigenvalue weighted by Crippen LogP contribution is -2.35. The Bertz CT molecular complexity index is 1010. The molecule has 0 unspecified atom stereocenters. The molecule has 3 aromatic rings. The van der Waals surface area contributed by atoms with Crippen molar-refractivity contribution in [3.8, 4) is 0 Å². The van der Waals surface area contributed by atoms with Gasteiger partial charge >= 0.3 is 0 Å². The van der Waals surface area contributed by atoms with Crippen LogP contribution in [0.4, 0.5) is 0 Å². The van der Waals surface area contributed by atoms with Gasteiger partial charge in [0.15, 0.2) is 0 Å². The fraction of sp³-hybridized carbons (Fsp3) is 0.240. The first kappa shape index (κ1) is 21.9. The van der Waals surface area contributed by atoms with Crippen LogP contribution in [0.15, 0.2) is 65.1 Å². The van der Waals surface area contributed by atoms with Gasteiger partial charge in [0.1, 0.15) is 11.5 Å². The van der Waals surface area contributed by atoms with Gasteiger partial charge < -0.3 is 14.2 Å². The second-order valence-electron chi connectivity index (χ2n) is 7.74. The molecule has 2 heterocycles. The minimum atomic E-state index is 0. The van der Waals surface area contributed by atoms with Crippen LogP contribution in [0.5, 0.6) is 0 Å². The topological polar surface area (TPSA) is 36.7 Å². The summed E-state index contributed by atoms with van der Waals surface area (Å²) in [5, 5.41) is 0. The van der Waals surface area contributed by atoms with Gasteiger partial charge in [-0.25, -0.2) is 0 Å². The Morgan fingerprint density at radius 3 is 2.37 bits per heavy atom. The molecule has 4 nitrogen and oxygen atoms in total. The number of fused-ring (bicyclic) bond motifs is 1. The van der Waals surface area contributed by atoms with Gasteiger partial charge in [-0.05, 0) is 43.4 Å². The lowest BCUT2D eigenvalue weighted by Gasteiger charge is -2.26. The van der Waals surface area contributed by atoms with E-state index in [1.165, 1.54) is 0 Å². The summed E-state index contributed by atoms with van der Waals surface area (Å²) in [6, 6.07) is 20.1. The van der Waals surface area contributed by atoms with E-state index in [2.05, 4.69) is 35.3 Å². The first-order valence-electron chi connectivity index (χ1n) is 9.96. The van der Waals surface area contributed by atoms with Gasteiger partial charge in [-0.2, -0.15) is 0 Å². The summed E-state index contributed by atoms with van der Waals surface area (Å²) in [7, 11) is 4.05. The third-order valence-electron chi connectivity index (χ3n) is 5.10. The molecule has 0 atom stereocenters. The number of hydrogen-bond acceptors (Lipinski definition) is 3. The van der Waals surface area contributed by atoms with Crippen LogP contribution in [0.25, 0.3) is 12.2 Å². The van der Waals surface area contributed by atoms with E-state index in [1.54, 1.807) is 0 Å². The van der Waals surface area contributed by atoms with Crippen LogP contribution in [-0.4, -0.2) is 36.3 Å². The van der Waals surface area contributed by atoms with E-state index >= 15 is 0 Å². The molecule has 1 amide bonds. The Morgan fingerprint density at radius 2 is 1.70 bits per heavy atom. The summed E-state index contributed by atoms with van der Waals surface area (Å²) < 4.78 is 5.94. The molecule has 30 heavy (non-hydrogen) atoms. The van der Waals surface area contributed by atoms with Crippen molar-refractivity contribution in [2.45, 2.75) is 19.5 Å². The summed E-state index contributed by atoms with van der Waals surface area (Å²) in [4.78, 5) is 16.9. The number of amides is 1. The van der Waals surface area contributed by atoms with E-state index in [-0.39, 0.29) is 18.3 Å². The van der Waals surface area contributed by atoms with Crippen molar-refractivity contribution in [2.24, 2.45) is 0 Å². The highest BCUT2D eigenvalue weighted by Crippen LogP contribution is 2.25. The smallest absolute Gasteiger partial charge is 0.254 e. The van der Waals surface area contributed by atoms with Crippen LogP contribution in [0.1, 0.15) is 38.6 Å². The number of carbonyl (C=O) groups is 1. The van der Waals surface area contributed by atoms with Crippen LogP contribution in [0, 0.1) is 0 Å². The molecule has 0 aliphatic carbocycles. The third kappa shape index (κ3) is 5.21.